The molecule has 4 rings (SSSR count). The number of hydrogen-bond acceptors (Lipinski definition) is 5. The molecule has 6 heteroatoms. The average molecular weight is 351 g/mol. The van der Waals surface area contributed by atoms with E-state index in [0.29, 0.717) is 22.4 Å². The van der Waals surface area contributed by atoms with Crippen molar-refractivity contribution in [1.29, 1.82) is 10.5 Å². The Morgan fingerprint density at radius 3 is 2.44 bits per heavy atom. The van der Waals surface area contributed by atoms with Gasteiger partial charge in [-0.2, -0.15) is 10.5 Å². The smallest absolute Gasteiger partial charge is 0.232 e. The summed E-state index contributed by atoms with van der Waals surface area (Å²) in [5.74, 6) is 0.184. The van der Waals surface area contributed by atoms with Crippen molar-refractivity contribution in [3.63, 3.8) is 0 Å². The molecule has 0 amide bonds. The second kappa shape index (κ2) is 6.62. The van der Waals surface area contributed by atoms with Crippen LogP contribution in [0.15, 0.2) is 55.0 Å². The third-order valence-electron chi connectivity index (χ3n) is 4.39. The summed E-state index contributed by atoms with van der Waals surface area (Å²) in [6.45, 7) is 0. The highest BCUT2D eigenvalue weighted by molar-refractivity contribution is 5.98. The van der Waals surface area contributed by atoms with Crippen LogP contribution in [0.1, 0.15) is 11.1 Å². The third-order valence-corrected chi connectivity index (χ3v) is 4.39. The van der Waals surface area contributed by atoms with Crippen LogP contribution in [0.25, 0.3) is 33.3 Å². The topological polar surface area (TPSA) is 98.4 Å². The lowest BCUT2D eigenvalue weighted by molar-refractivity contribution is 0.397. The molecule has 3 aromatic heterocycles. The molecule has 6 nitrogen and oxygen atoms in total. The number of H-pyrrole nitrogens is 1. The van der Waals surface area contributed by atoms with Crippen LogP contribution in [-0.4, -0.2) is 22.1 Å². The summed E-state index contributed by atoms with van der Waals surface area (Å²) in [4.78, 5) is 11.7. The Balaban J connectivity index is 2.13. The van der Waals surface area contributed by atoms with E-state index in [1.807, 2.05) is 30.5 Å². The van der Waals surface area contributed by atoms with Gasteiger partial charge in [0.25, 0.3) is 0 Å². The molecule has 0 aliphatic rings. The normalized spacial score (nSPS) is 10.3. The van der Waals surface area contributed by atoms with Crippen LogP contribution in [0.4, 0.5) is 0 Å². The number of nitriles is 2. The van der Waals surface area contributed by atoms with Crippen molar-refractivity contribution in [2.75, 3.05) is 7.11 Å². The molecular weight excluding hydrogens is 338 g/mol. The number of benzene rings is 1. The van der Waals surface area contributed by atoms with Crippen LogP contribution in [0, 0.1) is 22.7 Å². The van der Waals surface area contributed by atoms with Gasteiger partial charge in [0.05, 0.1) is 18.4 Å². The maximum absolute atomic E-state index is 9.95. The minimum atomic E-state index is 0.184. The van der Waals surface area contributed by atoms with Crippen molar-refractivity contribution in [3.05, 3.63) is 66.1 Å². The molecule has 3 heterocycles. The summed E-state index contributed by atoms with van der Waals surface area (Å²) in [5.41, 5.74) is 3.94. The summed E-state index contributed by atoms with van der Waals surface area (Å²) < 4.78 is 5.38. The number of hydrogen-bond donors (Lipinski definition) is 1. The zero-order chi connectivity index (χ0) is 18.8. The summed E-state index contributed by atoms with van der Waals surface area (Å²) in [6.07, 6.45) is 5.06. The summed E-state index contributed by atoms with van der Waals surface area (Å²) >= 11 is 0. The standard InChI is InChI=1S/C21H13N5O/c1-27-21-16(11-23)19(13-6-8-24-9-7-13)15(10-22)20(26-21)17-12-25-18-5-3-2-4-14(17)18/h2-9,12,25H,1H3. The summed E-state index contributed by atoms with van der Waals surface area (Å²) in [6, 6.07) is 15.7. The number of ether oxygens (including phenoxy) is 1. The molecule has 0 fully saturated rings. The van der Waals surface area contributed by atoms with Gasteiger partial charge in [0, 0.05) is 40.6 Å². The predicted octanol–water partition coefficient (Wildman–Crippen LogP) is 4.04. The van der Waals surface area contributed by atoms with Crippen LogP contribution >= 0.6 is 0 Å². The van der Waals surface area contributed by atoms with Crippen molar-refractivity contribution in [3.8, 4) is 40.4 Å². The molecule has 1 aromatic carbocycles. The number of aromatic nitrogens is 3. The van der Waals surface area contributed by atoms with E-state index in [0.717, 1.165) is 16.5 Å². The second-order valence-corrected chi connectivity index (χ2v) is 5.80. The first-order valence-corrected chi connectivity index (χ1v) is 8.17. The Morgan fingerprint density at radius 2 is 1.74 bits per heavy atom. The highest BCUT2D eigenvalue weighted by Gasteiger charge is 2.24. The van der Waals surface area contributed by atoms with Gasteiger partial charge >= 0.3 is 0 Å². The molecule has 0 aliphatic heterocycles. The van der Waals surface area contributed by atoms with Gasteiger partial charge in [0.15, 0.2) is 0 Å². The van der Waals surface area contributed by atoms with E-state index in [-0.39, 0.29) is 11.4 Å². The van der Waals surface area contributed by atoms with Gasteiger partial charge < -0.3 is 9.72 Å². The van der Waals surface area contributed by atoms with E-state index in [9.17, 15) is 10.5 Å². The van der Waals surface area contributed by atoms with Gasteiger partial charge in [-0.3, -0.25) is 4.98 Å². The number of pyridine rings is 2. The van der Waals surface area contributed by atoms with Gasteiger partial charge in [-0.15, -0.1) is 0 Å². The molecule has 0 aliphatic carbocycles. The van der Waals surface area contributed by atoms with E-state index in [1.165, 1.54) is 7.11 Å². The molecule has 128 valence electrons. The Morgan fingerprint density at radius 1 is 1.00 bits per heavy atom. The molecule has 1 N–H and O–H groups in total. The second-order valence-electron chi connectivity index (χ2n) is 5.80. The zero-order valence-electron chi connectivity index (χ0n) is 14.4. The lowest BCUT2D eigenvalue weighted by Crippen LogP contribution is -2.02. The summed E-state index contributed by atoms with van der Waals surface area (Å²) in [7, 11) is 1.46. The zero-order valence-corrected chi connectivity index (χ0v) is 14.4. The predicted molar refractivity (Wildman–Crippen MR) is 101 cm³/mol. The number of rotatable bonds is 3. The van der Waals surface area contributed by atoms with Gasteiger partial charge in [0.1, 0.15) is 17.7 Å². The molecular formula is C21H13N5O. The molecule has 0 saturated carbocycles. The Bertz CT molecular complexity index is 1230. The van der Waals surface area contributed by atoms with Crippen LogP contribution < -0.4 is 4.74 Å². The number of nitrogens with zero attached hydrogens (tertiary/aromatic N) is 4. The van der Waals surface area contributed by atoms with Crippen LogP contribution in [-0.2, 0) is 0 Å². The van der Waals surface area contributed by atoms with Gasteiger partial charge in [-0.1, -0.05) is 18.2 Å². The van der Waals surface area contributed by atoms with Crippen molar-refractivity contribution < 1.29 is 4.74 Å². The quantitative estimate of drug-likeness (QED) is 0.600. The Hall–Kier alpha value is -4.16. The first-order chi connectivity index (χ1) is 13.3. The Labute approximate surface area is 155 Å². The average Bonchev–Trinajstić information content (AvgIpc) is 3.16. The van der Waals surface area contributed by atoms with Crippen molar-refractivity contribution >= 4 is 10.9 Å². The van der Waals surface area contributed by atoms with E-state index in [1.54, 1.807) is 24.5 Å². The molecule has 0 bridgehead atoms. The van der Waals surface area contributed by atoms with Crippen LogP contribution in [0.3, 0.4) is 0 Å². The number of fused-ring (bicyclic) bond motifs is 1. The number of aromatic amines is 1. The van der Waals surface area contributed by atoms with Crippen molar-refractivity contribution in [2.45, 2.75) is 0 Å². The van der Waals surface area contributed by atoms with Crippen LogP contribution in [0.5, 0.6) is 5.88 Å². The molecule has 0 unspecified atom stereocenters. The maximum atomic E-state index is 9.95. The number of para-hydroxylation sites is 1. The van der Waals surface area contributed by atoms with Gasteiger partial charge in [-0.05, 0) is 23.8 Å². The van der Waals surface area contributed by atoms with E-state index >= 15 is 0 Å². The SMILES string of the molecule is COc1nc(-c2c[nH]c3ccccc23)c(C#N)c(-c2ccncc2)c1C#N. The largest absolute Gasteiger partial charge is 0.480 e. The van der Waals surface area contributed by atoms with Crippen molar-refractivity contribution in [2.24, 2.45) is 0 Å². The van der Waals surface area contributed by atoms with E-state index < -0.39 is 0 Å². The maximum Gasteiger partial charge on any atom is 0.232 e. The number of nitrogens with one attached hydrogen (secondary N) is 1. The van der Waals surface area contributed by atoms with E-state index in [4.69, 9.17) is 4.74 Å². The highest BCUT2D eigenvalue weighted by atomic mass is 16.5. The van der Waals surface area contributed by atoms with E-state index in [2.05, 4.69) is 27.1 Å². The van der Waals surface area contributed by atoms with Crippen LogP contribution in [0.2, 0.25) is 0 Å². The number of methoxy groups -OCH3 is 1. The minimum Gasteiger partial charge on any atom is -0.480 e. The third kappa shape index (κ3) is 2.57. The van der Waals surface area contributed by atoms with Gasteiger partial charge in [0.2, 0.25) is 5.88 Å². The lowest BCUT2D eigenvalue weighted by atomic mass is 9.93. The molecule has 0 radical (unpaired) electrons. The molecule has 0 spiro atoms. The Kier molecular flexibility index (Phi) is 4.00. The monoisotopic (exact) mass is 351 g/mol. The molecule has 0 atom stereocenters. The first-order valence-electron chi connectivity index (χ1n) is 8.17. The fraction of sp³-hybridized carbons (Fsp3) is 0.0476. The minimum absolute atomic E-state index is 0.184. The lowest BCUT2D eigenvalue weighted by Gasteiger charge is -2.14. The fourth-order valence-corrected chi connectivity index (χ4v) is 3.19. The first kappa shape index (κ1) is 16.3. The molecule has 27 heavy (non-hydrogen) atoms. The fourth-order valence-electron chi connectivity index (χ4n) is 3.19. The van der Waals surface area contributed by atoms with Gasteiger partial charge in [-0.25, -0.2) is 4.98 Å². The summed E-state index contributed by atoms with van der Waals surface area (Å²) in [5, 5.41) is 20.6. The molecule has 0 saturated heterocycles. The highest BCUT2D eigenvalue weighted by Crippen LogP contribution is 2.39. The molecule has 4 aromatic rings. The van der Waals surface area contributed by atoms with Crippen molar-refractivity contribution in [1.82, 2.24) is 15.0 Å².